The third kappa shape index (κ3) is 41.8. The summed E-state index contributed by atoms with van der Waals surface area (Å²) in [6.07, 6.45) is 0. The van der Waals surface area contributed by atoms with Gasteiger partial charge in [-0.15, -0.1) is 0 Å². The van der Waals surface area contributed by atoms with Gasteiger partial charge in [0.2, 0.25) is 0 Å². The molecule has 0 aliphatic heterocycles. The van der Waals surface area contributed by atoms with E-state index < -0.39 is 6.95 Å². The zero-order valence-electron chi connectivity index (χ0n) is 3.22. The van der Waals surface area contributed by atoms with Gasteiger partial charge < -0.3 is 0 Å². The van der Waals surface area contributed by atoms with Gasteiger partial charge in [-0.3, -0.25) is 0 Å². The van der Waals surface area contributed by atoms with Crippen LogP contribution in [0.25, 0.3) is 0 Å². The Morgan fingerprint density at radius 2 is 1.43 bits per heavy atom. The van der Waals surface area contributed by atoms with Gasteiger partial charge in [0, 0.05) is 17.1 Å². The van der Waals surface area contributed by atoms with Crippen molar-refractivity contribution in [2.24, 2.45) is 0 Å². The molecule has 0 amide bonds. The SMILES string of the molecule is O=[SiH][TeH].[BiH3].[LiH].[Mn].[PbH2]. The zero-order chi connectivity index (χ0) is 2.71. The van der Waals surface area contributed by atoms with Crippen LogP contribution < -0.4 is 0 Å². The molecule has 0 bridgehead atoms. The van der Waals surface area contributed by atoms with Crippen molar-refractivity contribution >= 4 is 101 Å². The summed E-state index contributed by atoms with van der Waals surface area (Å²) in [7, 11) is 0. The van der Waals surface area contributed by atoms with E-state index in [-0.39, 0.29) is 89.4 Å². The molecule has 0 atom stereocenters. The van der Waals surface area contributed by atoms with Gasteiger partial charge in [0.1, 0.15) is 0 Å². The Balaban J connectivity index is -0.00000000333. The maximum absolute atomic E-state index is 9.04. The van der Waals surface area contributed by atoms with Crippen molar-refractivity contribution in [1.82, 2.24) is 0 Å². The first-order valence-corrected chi connectivity index (χ1v) is 5.90. The predicted molar refractivity (Wildman–Crippen MR) is 40.6 cm³/mol. The van der Waals surface area contributed by atoms with Gasteiger partial charge >= 0.3 is 105 Å². The normalized spacial score (nSPS) is 1.86. The Labute approximate surface area is 120 Å². The maximum atomic E-state index is 9.04. The molecular formula is H8BiLiMnOPbSiTe. The minimum absolute atomic E-state index is 0. The van der Waals surface area contributed by atoms with Gasteiger partial charge in [-0.1, -0.05) is 0 Å². The van der Waals surface area contributed by atoms with Crippen LogP contribution in [-0.4, -0.2) is 101 Å². The van der Waals surface area contributed by atoms with Crippen LogP contribution in [-0.2, 0) is 21.5 Å². The Kier molecular flexibility index (Phi) is 147. The second kappa shape index (κ2) is 33.1. The second-order valence-corrected chi connectivity index (χ2v) is 2.12. The molecule has 0 aliphatic rings. The first kappa shape index (κ1) is 30.9. The van der Waals surface area contributed by atoms with Crippen molar-refractivity contribution in [3.8, 4) is 0 Å². The Morgan fingerprint density at radius 1 is 1.43 bits per heavy atom. The van der Waals surface area contributed by atoms with Crippen molar-refractivity contribution in [3.05, 3.63) is 0 Å². The van der Waals surface area contributed by atoms with E-state index in [9.17, 15) is 0 Å². The molecule has 0 N–H and O–H groups in total. The Bertz CT molecular complexity index is 27.2. The van der Waals surface area contributed by atoms with Crippen LogP contribution in [0.3, 0.4) is 0 Å². The van der Waals surface area contributed by atoms with Crippen molar-refractivity contribution in [2.75, 3.05) is 0 Å². The topological polar surface area (TPSA) is 17.1 Å². The summed E-state index contributed by atoms with van der Waals surface area (Å²) in [5.41, 5.74) is 0. The van der Waals surface area contributed by atoms with E-state index in [0.29, 0.717) is 0 Å². The molecule has 7 heavy (non-hydrogen) atoms. The van der Waals surface area contributed by atoms with Crippen LogP contribution in [0.2, 0.25) is 0 Å². The quantitative estimate of drug-likeness (QED) is 0.242. The predicted octanol–water partition coefficient (Wildman–Crippen LogP) is -4.17. The fourth-order valence-electron chi connectivity index (χ4n) is 0. The van der Waals surface area contributed by atoms with Gasteiger partial charge in [-0.05, 0) is 0 Å². The zero-order valence-corrected chi connectivity index (χ0v) is 19.1. The van der Waals surface area contributed by atoms with Gasteiger partial charge in [-0.25, -0.2) is 0 Å². The Hall–Kier alpha value is 3.73. The third-order valence-corrected chi connectivity index (χ3v) is 0. The first-order chi connectivity index (χ1) is 1.41. The molecule has 0 fully saturated rings. The van der Waals surface area contributed by atoms with Crippen LogP contribution in [0.1, 0.15) is 0 Å². The molecule has 0 spiro atoms. The third-order valence-electron chi connectivity index (χ3n) is 0. The summed E-state index contributed by atoms with van der Waals surface area (Å²) in [6, 6.07) is 0. The summed E-state index contributed by atoms with van der Waals surface area (Å²) in [5.74, 6) is 0. The van der Waals surface area contributed by atoms with Gasteiger partial charge in [-0.2, -0.15) is 0 Å². The molecule has 3 radical (unpaired) electrons. The monoisotopic (exact) mass is 661 g/mol. The van der Waals surface area contributed by atoms with Crippen LogP contribution in [0, 0.1) is 0 Å². The molecule has 0 aromatic carbocycles. The summed E-state index contributed by atoms with van der Waals surface area (Å²) < 4.78 is 9.04. The minimum atomic E-state index is -0.450. The number of hydrogen-bond donors (Lipinski definition) is 0. The van der Waals surface area contributed by atoms with Crippen LogP contribution in [0.15, 0.2) is 0 Å². The molecule has 0 heterocycles. The number of hydrogen-bond acceptors (Lipinski definition) is 1. The molecular weight excluding hydrogens is 650 g/mol. The summed E-state index contributed by atoms with van der Waals surface area (Å²) >= 11 is 1.38. The molecule has 7 heteroatoms. The van der Waals surface area contributed by atoms with E-state index in [0.717, 1.165) is 0 Å². The van der Waals surface area contributed by atoms with E-state index >= 15 is 0 Å². The fourth-order valence-corrected chi connectivity index (χ4v) is 0. The van der Waals surface area contributed by atoms with Crippen molar-refractivity contribution < 1.29 is 21.5 Å². The van der Waals surface area contributed by atoms with Gasteiger partial charge in [0.25, 0.3) is 0 Å². The van der Waals surface area contributed by atoms with Crippen molar-refractivity contribution in [1.29, 1.82) is 0 Å². The molecule has 0 aromatic rings. The van der Waals surface area contributed by atoms with E-state index in [1.165, 1.54) is 21.5 Å². The summed E-state index contributed by atoms with van der Waals surface area (Å²) in [5, 5.41) is 0. The molecule has 0 aliphatic carbocycles. The van der Waals surface area contributed by atoms with E-state index in [1.807, 2.05) is 0 Å². The van der Waals surface area contributed by atoms with Crippen molar-refractivity contribution in [2.45, 2.75) is 0 Å². The second-order valence-electron chi connectivity index (χ2n) is 0.105. The molecule has 0 rings (SSSR count). The van der Waals surface area contributed by atoms with Gasteiger partial charge in [0.15, 0.2) is 0 Å². The van der Waals surface area contributed by atoms with Crippen LogP contribution >= 0.6 is 0 Å². The Morgan fingerprint density at radius 3 is 1.43 bits per heavy atom. The van der Waals surface area contributed by atoms with E-state index in [4.69, 9.17) is 4.46 Å². The molecule has 1 nitrogen and oxygen atoms in total. The molecule has 0 unspecified atom stereocenters. The van der Waals surface area contributed by atoms with Crippen LogP contribution in [0.5, 0.6) is 0 Å². The molecule has 0 saturated carbocycles. The average molecular weight is 658 g/mol. The average Bonchev–Trinajstić information content (AvgIpc) is 0.918. The summed E-state index contributed by atoms with van der Waals surface area (Å²) in [4.78, 5) is 0. The molecule has 0 saturated heterocycles. The van der Waals surface area contributed by atoms with E-state index in [1.54, 1.807) is 0 Å². The fraction of sp³-hybridized carbons (Fsp3) is 0. The van der Waals surface area contributed by atoms with Crippen molar-refractivity contribution in [3.63, 3.8) is 0 Å². The van der Waals surface area contributed by atoms with E-state index in [2.05, 4.69) is 0 Å². The van der Waals surface area contributed by atoms with Gasteiger partial charge in [0.05, 0.1) is 0 Å². The van der Waals surface area contributed by atoms with Crippen LogP contribution in [0.4, 0.5) is 0 Å². The standard InChI is InChI=1S/Bi.Li.Mn.H2OSiTe.Pb.6H/c;;;1-2-3;;;;;;;/h;;;2-3H;;;;;;;. The number of rotatable bonds is 0. The first-order valence-electron chi connectivity index (χ1n) is 0.494. The summed E-state index contributed by atoms with van der Waals surface area (Å²) in [6.45, 7) is -0.450. The molecule has 0 aromatic heterocycles. The molecule has 41 valence electrons.